The molecule has 0 rings (SSSR count). The first-order chi connectivity index (χ1) is 9.96. The van der Waals surface area contributed by atoms with Crippen LogP contribution in [-0.2, 0) is 10.1 Å². The maximum Gasteiger partial charge on any atom is 0.437 e. The third kappa shape index (κ3) is 7.76. The Balaban J connectivity index is 0. The number of hydrogen-bond donors (Lipinski definition) is 1. The van der Waals surface area contributed by atoms with Crippen molar-refractivity contribution in [1.82, 2.24) is 0 Å². The van der Waals surface area contributed by atoms with Crippen molar-refractivity contribution in [2.75, 3.05) is 0 Å². The normalized spacial score (nSPS) is 14.9. The molecule has 0 unspecified atom stereocenters. The van der Waals surface area contributed by atoms with Gasteiger partial charge in [0.05, 0.1) is 12.8 Å². The quantitative estimate of drug-likeness (QED) is 0.541. The lowest BCUT2D eigenvalue weighted by atomic mass is 10.2. The minimum atomic E-state index is -6.61. The van der Waals surface area contributed by atoms with Crippen molar-refractivity contribution in [2.45, 2.75) is 49.2 Å². The predicted molar refractivity (Wildman–Crippen MR) is 53.4 cm³/mol. The SMILES string of the molecule is CC(F)(F)C(F)(F)C(F)(F)S(=O)(=O)O.FC(F)(F)CCC(F)(F)F. The third-order valence-corrected chi connectivity index (χ3v) is 2.84. The Labute approximate surface area is 126 Å². The van der Waals surface area contributed by atoms with Crippen LogP contribution in [-0.4, -0.2) is 42.4 Å². The highest BCUT2D eigenvalue weighted by Crippen LogP contribution is 2.47. The molecule has 0 amide bonds. The zero-order valence-corrected chi connectivity index (χ0v) is 11.9. The summed E-state index contributed by atoms with van der Waals surface area (Å²) < 4.78 is 166. The summed E-state index contributed by atoms with van der Waals surface area (Å²) in [6, 6.07) is 0. The third-order valence-electron chi connectivity index (χ3n) is 1.93. The Morgan fingerprint density at radius 1 is 0.708 bits per heavy atom. The molecule has 0 heterocycles. The van der Waals surface area contributed by atoms with E-state index < -0.39 is 59.3 Å². The molecule has 0 fully saturated rings. The van der Waals surface area contributed by atoms with Crippen LogP contribution in [0.2, 0.25) is 0 Å². The molecule has 16 heteroatoms. The van der Waals surface area contributed by atoms with Gasteiger partial charge >= 0.3 is 39.6 Å². The van der Waals surface area contributed by atoms with E-state index in [1.54, 1.807) is 0 Å². The first kappa shape index (κ1) is 25.3. The van der Waals surface area contributed by atoms with Crippen LogP contribution in [0.25, 0.3) is 0 Å². The van der Waals surface area contributed by atoms with E-state index in [4.69, 9.17) is 4.55 Å². The van der Waals surface area contributed by atoms with Gasteiger partial charge in [-0.3, -0.25) is 4.55 Å². The largest absolute Gasteiger partial charge is 0.437 e. The van der Waals surface area contributed by atoms with E-state index in [1.165, 1.54) is 0 Å². The fourth-order valence-corrected chi connectivity index (χ4v) is 1.20. The number of rotatable bonds is 4. The lowest BCUT2D eigenvalue weighted by molar-refractivity contribution is -0.273. The van der Waals surface area contributed by atoms with Crippen molar-refractivity contribution in [2.24, 2.45) is 0 Å². The lowest BCUT2D eigenvalue weighted by Gasteiger charge is -2.28. The van der Waals surface area contributed by atoms with Crippen LogP contribution < -0.4 is 0 Å². The van der Waals surface area contributed by atoms with Gasteiger partial charge in [-0.25, -0.2) is 0 Å². The van der Waals surface area contributed by atoms with Crippen LogP contribution in [0.1, 0.15) is 19.8 Å². The van der Waals surface area contributed by atoms with Crippen molar-refractivity contribution in [3.8, 4) is 0 Å². The van der Waals surface area contributed by atoms with Crippen molar-refractivity contribution in [1.29, 1.82) is 0 Å². The van der Waals surface area contributed by atoms with Gasteiger partial charge in [0.15, 0.2) is 0 Å². The number of halogens is 12. The fourth-order valence-electron chi connectivity index (χ4n) is 0.701. The highest BCUT2D eigenvalue weighted by molar-refractivity contribution is 7.87. The van der Waals surface area contributed by atoms with Crippen LogP contribution in [0.3, 0.4) is 0 Å². The van der Waals surface area contributed by atoms with E-state index in [2.05, 4.69) is 0 Å². The number of hydrogen-bond acceptors (Lipinski definition) is 2. The van der Waals surface area contributed by atoms with Crippen molar-refractivity contribution in [3.05, 3.63) is 0 Å². The summed E-state index contributed by atoms with van der Waals surface area (Å²) in [5, 5.41) is -6.24. The summed E-state index contributed by atoms with van der Waals surface area (Å²) in [6.07, 6.45) is -13.0. The second-order valence-electron chi connectivity index (χ2n) is 4.18. The number of alkyl halides is 12. The van der Waals surface area contributed by atoms with E-state index in [1.807, 2.05) is 0 Å². The zero-order chi connectivity index (χ0) is 20.4. The molecule has 24 heavy (non-hydrogen) atoms. The second kappa shape index (κ2) is 7.13. The molecule has 0 saturated carbocycles. The molecule has 0 radical (unpaired) electrons. The van der Waals surface area contributed by atoms with E-state index in [9.17, 15) is 61.1 Å². The van der Waals surface area contributed by atoms with Gasteiger partial charge in [-0.15, -0.1) is 0 Å². The van der Waals surface area contributed by atoms with E-state index >= 15 is 0 Å². The summed E-state index contributed by atoms with van der Waals surface area (Å²) in [4.78, 5) is 0. The highest BCUT2D eigenvalue weighted by Gasteiger charge is 2.75. The summed E-state index contributed by atoms with van der Waals surface area (Å²) in [7, 11) is -6.61. The van der Waals surface area contributed by atoms with E-state index in [0.717, 1.165) is 0 Å². The molecule has 0 aromatic rings. The lowest BCUT2D eigenvalue weighted by Crippen LogP contribution is -2.56. The van der Waals surface area contributed by atoms with Gasteiger partial charge in [0, 0.05) is 6.92 Å². The van der Waals surface area contributed by atoms with Crippen LogP contribution >= 0.6 is 0 Å². The fraction of sp³-hybridized carbons (Fsp3) is 1.00. The minimum absolute atomic E-state index is 0.591. The molecule has 0 bridgehead atoms. The van der Waals surface area contributed by atoms with Gasteiger partial charge in [0.25, 0.3) is 0 Å². The Bertz CT molecular complexity index is 484. The van der Waals surface area contributed by atoms with Gasteiger partial charge < -0.3 is 0 Å². The molecular formula is C8H8F12O3S. The van der Waals surface area contributed by atoms with Crippen LogP contribution in [0.4, 0.5) is 52.7 Å². The smallest absolute Gasteiger partial charge is 0.281 e. The first-order valence-electron chi connectivity index (χ1n) is 5.19. The summed E-state index contributed by atoms with van der Waals surface area (Å²) >= 11 is 0. The van der Waals surface area contributed by atoms with Gasteiger partial charge in [-0.1, -0.05) is 0 Å². The predicted octanol–water partition coefficient (Wildman–Crippen LogP) is 4.65. The zero-order valence-electron chi connectivity index (χ0n) is 11.1. The second-order valence-corrected chi connectivity index (χ2v) is 5.65. The minimum Gasteiger partial charge on any atom is -0.281 e. The van der Waals surface area contributed by atoms with Gasteiger partial charge in [0.1, 0.15) is 0 Å². The molecule has 0 spiro atoms. The Morgan fingerprint density at radius 2 is 0.958 bits per heavy atom. The summed E-state index contributed by atoms with van der Waals surface area (Å²) in [5.74, 6) is -11.5. The van der Waals surface area contributed by atoms with E-state index in [0.29, 0.717) is 0 Å². The van der Waals surface area contributed by atoms with Gasteiger partial charge in [-0.05, 0) is 0 Å². The van der Waals surface area contributed by atoms with Crippen molar-refractivity contribution in [3.63, 3.8) is 0 Å². The van der Waals surface area contributed by atoms with Crippen molar-refractivity contribution < 1.29 is 65.7 Å². The molecule has 0 aliphatic rings. The summed E-state index contributed by atoms with van der Waals surface area (Å²) in [6.45, 7) is -0.591. The van der Waals surface area contributed by atoms with Gasteiger partial charge in [-0.2, -0.15) is 61.1 Å². The summed E-state index contributed by atoms with van der Waals surface area (Å²) in [5.41, 5.74) is 0. The molecule has 1 N–H and O–H groups in total. The first-order valence-corrected chi connectivity index (χ1v) is 6.63. The highest BCUT2D eigenvalue weighted by atomic mass is 32.2. The van der Waals surface area contributed by atoms with Crippen LogP contribution in [0.5, 0.6) is 0 Å². The molecule has 0 saturated heterocycles. The maximum absolute atomic E-state index is 12.2. The monoisotopic (exact) mass is 412 g/mol. The van der Waals surface area contributed by atoms with Gasteiger partial charge in [0.2, 0.25) is 0 Å². The van der Waals surface area contributed by atoms with Crippen LogP contribution in [0, 0.1) is 0 Å². The average Bonchev–Trinajstić information content (AvgIpc) is 2.22. The molecular weight excluding hydrogens is 404 g/mol. The van der Waals surface area contributed by atoms with E-state index in [-0.39, 0.29) is 0 Å². The molecule has 3 nitrogen and oxygen atoms in total. The standard InChI is InChI=1S/C4H4F6O3S.C4H4F6/c1-2(5,6)3(7,8)4(9,10)14(11,12)13;5-3(6,7)1-2-4(8,9)10/h1H3,(H,11,12,13);1-2H2. The molecule has 0 aliphatic heterocycles. The molecule has 0 atom stereocenters. The average molecular weight is 412 g/mol. The Kier molecular flexibility index (Phi) is 7.52. The molecule has 148 valence electrons. The molecule has 0 aliphatic carbocycles. The topological polar surface area (TPSA) is 54.4 Å². The van der Waals surface area contributed by atoms with Crippen molar-refractivity contribution >= 4 is 10.1 Å². The maximum atomic E-state index is 12.2. The molecule has 0 aromatic heterocycles. The van der Waals surface area contributed by atoms with Crippen LogP contribution in [0.15, 0.2) is 0 Å². The Morgan fingerprint density at radius 3 is 1.04 bits per heavy atom. The Hall–Kier alpha value is -0.930. The molecule has 0 aromatic carbocycles.